The van der Waals surface area contributed by atoms with Gasteiger partial charge in [-0.2, -0.15) is 0 Å². The minimum absolute atomic E-state index is 0.795. The smallest absolute Gasteiger partial charge is 0.258 e. The van der Waals surface area contributed by atoms with E-state index in [1.54, 1.807) is 0 Å². The number of benzene rings is 3. The average molecular weight is 424 g/mol. The fourth-order valence-corrected chi connectivity index (χ4v) is 5.01. The third kappa shape index (κ3) is 3.27. The summed E-state index contributed by atoms with van der Waals surface area (Å²) in [6, 6.07) is 25.4. The quantitative estimate of drug-likeness (QED) is 0.561. The van der Waals surface area contributed by atoms with Crippen LogP contribution in [0.1, 0.15) is 33.4 Å². The molecular formula is C28H29N3O. The van der Waals surface area contributed by atoms with Crippen LogP contribution >= 0.6 is 0 Å². The van der Waals surface area contributed by atoms with Crippen molar-refractivity contribution in [2.24, 2.45) is 5.16 Å². The number of nitrogens with zero attached hydrogens (tertiary/aromatic N) is 3. The number of oxime groups is 1. The normalized spacial score (nSPS) is 20.2. The van der Waals surface area contributed by atoms with Crippen molar-refractivity contribution in [3.8, 4) is 0 Å². The summed E-state index contributed by atoms with van der Waals surface area (Å²) in [4.78, 5) is 11.1. The van der Waals surface area contributed by atoms with Gasteiger partial charge in [-0.3, -0.25) is 0 Å². The highest BCUT2D eigenvalue weighted by atomic mass is 16.7. The highest BCUT2D eigenvalue weighted by Gasteiger charge is 2.49. The van der Waals surface area contributed by atoms with E-state index >= 15 is 0 Å². The third-order valence-electron chi connectivity index (χ3n) is 6.49. The Balaban J connectivity index is 1.70. The summed E-state index contributed by atoms with van der Waals surface area (Å²) in [5.41, 5.74) is 7.46. The molecule has 0 aromatic heterocycles. The van der Waals surface area contributed by atoms with Crippen LogP contribution in [0.15, 0.2) is 84.0 Å². The van der Waals surface area contributed by atoms with Crippen molar-refractivity contribution in [2.75, 3.05) is 20.1 Å². The lowest BCUT2D eigenvalue weighted by Gasteiger charge is -2.34. The van der Waals surface area contributed by atoms with Crippen LogP contribution in [-0.4, -0.2) is 35.8 Å². The van der Waals surface area contributed by atoms with E-state index in [4.69, 9.17) is 9.99 Å². The monoisotopic (exact) mass is 423 g/mol. The predicted octanol–water partition coefficient (Wildman–Crippen LogP) is 5.45. The fourth-order valence-electron chi connectivity index (χ4n) is 5.01. The summed E-state index contributed by atoms with van der Waals surface area (Å²) < 4.78 is 0. The first kappa shape index (κ1) is 20.4. The van der Waals surface area contributed by atoms with Gasteiger partial charge in [-0.1, -0.05) is 83.5 Å². The van der Waals surface area contributed by atoms with Crippen molar-refractivity contribution < 1.29 is 4.84 Å². The van der Waals surface area contributed by atoms with Crippen LogP contribution in [0.4, 0.5) is 0 Å². The van der Waals surface area contributed by atoms with E-state index < -0.39 is 5.72 Å². The summed E-state index contributed by atoms with van der Waals surface area (Å²) in [7, 11) is 2.15. The van der Waals surface area contributed by atoms with E-state index in [0.717, 1.165) is 35.7 Å². The van der Waals surface area contributed by atoms with Crippen molar-refractivity contribution in [1.82, 2.24) is 9.80 Å². The lowest BCUT2D eigenvalue weighted by molar-refractivity contribution is -0.0622. The molecule has 0 radical (unpaired) electrons. The van der Waals surface area contributed by atoms with Gasteiger partial charge in [0.2, 0.25) is 0 Å². The molecule has 2 aliphatic rings. The lowest BCUT2D eigenvalue weighted by Crippen LogP contribution is -2.46. The fraction of sp³-hybridized carbons (Fsp3) is 0.250. The first-order chi connectivity index (χ1) is 15.5. The Morgan fingerprint density at radius 1 is 0.844 bits per heavy atom. The largest absolute Gasteiger partial charge is 0.372 e. The number of hydrogen-bond acceptors (Lipinski definition) is 4. The topological polar surface area (TPSA) is 28.1 Å². The molecule has 0 spiro atoms. The molecule has 3 aromatic rings. The van der Waals surface area contributed by atoms with Gasteiger partial charge in [0.25, 0.3) is 5.72 Å². The van der Waals surface area contributed by atoms with Gasteiger partial charge in [0.05, 0.1) is 0 Å². The summed E-state index contributed by atoms with van der Waals surface area (Å²) in [6.45, 7) is 8.12. The van der Waals surface area contributed by atoms with Crippen molar-refractivity contribution in [2.45, 2.75) is 26.5 Å². The Hall–Kier alpha value is -3.53. The highest BCUT2D eigenvalue weighted by molar-refractivity contribution is 6.02. The highest BCUT2D eigenvalue weighted by Crippen LogP contribution is 2.43. The molecular weight excluding hydrogens is 394 g/mol. The molecule has 0 saturated carbocycles. The SMILES string of the molecule is Cc1cc(C)c(C2=NOC3(c4ccccc4)C=C(c4ccccc4)N(C)CCN23)c(C)c1. The predicted molar refractivity (Wildman–Crippen MR) is 130 cm³/mol. The molecule has 4 heteroatoms. The van der Waals surface area contributed by atoms with Crippen molar-refractivity contribution in [3.05, 3.63) is 112 Å². The molecule has 0 amide bonds. The number of likely N-dealkylation sites (N-methyl/N-ethyl adjacent to an activating group) is 1. The van der Waals surface area contributed by atoms with E-state index in [9.17, 15) is 0 Å². The van der Waals surface area contributed by atoms with Crippen LogP contribution in [0.3, 0.4) is 0 Å². The van der Waals surface area contributed by atoms with Crippen LogP contribution in [0.2, 0.25) is 0 Å². The van der Waals surface area contributed by atoms with Gasteiger partial charge >= 0.3 is 0 Å². The van der Waals surface area contributed by atoms with E-state index in [1.165, 1.54) is 22.3 Å². The molecule has 0 fully saturated rings. The summed E-state index contributed by atoms with van der Waals surface area (Å²) in [6.07, 6.45) is 2.24. The van der Waals surface area contributed by atoms with Crippen molar-refractivity contribution in [1.29, 1.82) is 0 Å². The van der Waals surface area contributed by atoms with Crippen molar-refractivity contribution in [3.63, 3.8) is 0 Å². The Morgan fingerprint density at radius 2 is 1.47 bits per heavy atom. The minimum Gasteiger partial charge on any atom is -0.372 e. The van der Waals surface area contributed by atoms with Crippen LogP contribution in [-0.2, 0) is 10.6 Å². The second-order valence-corrected chi connectivity index (χ2v) is 8.81. The summed E-state index contributed by atoms with van der Waals surface area (Å²) in [5.74, 6) is 0.905. The number of aryl methyl sites for hydroxylation is 3. The molecule has 0 bridgehead atoms. The van der Waals surface area contributed by atoms with Gasteiger partial charge in [0, 0.05) is 43.0 Å². The van der Waals surface area contributed by atoms with Crippen LogP contribution in [0.25, 0.3) is 5.70 Å². The van der Waals surface area contributed by atoms with Crippen LogP contribution in [0.5, 0.6) is 0 Å². The van der Waals surface area contributed by atoms with Gasteiger partial charge in [-0.05, 0) is 37.5 Å². The molecule has 32 heavy (non-hydrogen) atoms. The molecule has 3 aromatic carbocycles. The zero-order valence-corrected chi connectivity index (χ0v) is 19.2. The zero-order chi connectivity index (χ0) is 22.3. The maximum Gasteiger partial charge on any atom is 0.258 e. The maximum absolute atomic E-state index is 6.43. The standard InChI is InChI=1S/C28H29N3O/c1-20-17-21(2)26(22(3)18-20)27-29-32-28(24-13-9-6-10-14-24)19-25(23-11-7-5-8-12-23)30(4)15-16-31(27)28/h5-14,17-19H,15-16H2,1-4H3. The molecule has 1 atom stereocenters. The summed E-state index contributed by atoms with van der Waals surface area (Å²) >= 11 is 0. The molecule has 0 aliphatic carbocycles. The zero-order valence-electron chi connectivity index (χ0n) is 19.2. The second-order valence-electron chi connectivity index (χ2n) is 8.81. The Morgan fingerprint density at radius 3 is 2.12 bits per heavy atom. The number of fused-ring (bicyclic) bond motifs is 1. The number of amidine groups is 1. The second kappa shape index (κ2) is 7.86. The molecule has 5 rings (SSSR count). The van der Waals surface area contributed by atoms with E-state index in [0.29, 0.717) is 0 Å². The first-order valence-electron chi connectivity index (χ1n) is 11.2. The number of hydrogen-bond donors (Lipinski definition) is 0. The van der Waals surface area contributed by atoms with E-state index in [-0.39, 0.29) is 0 Å². The van der Waals surface area contributed by atoms with Gasteiger partial charge in [-0.25, -0.2) is 0 Å². The average Bonchev–Trinajstić information content (AvgIpc) is 3.07. The lowest BCUT2D eigenvalue weighted by atomic mass is 9.94. The Bertz CT molecular complexity index is 1180. The summed E-state index contributed by atoms with van der Waals surface area (Å²) in [5, 5.41) is 4.72. The number of rotatable bonds is 3. The third-order valence-corrected chi connectivity index (χ3v) is 6.49. The van der Waals surface area contributed by atoms with Crippen LogP contribution < -0.4 is 0 Å². The van der Waals surface area contributed by atoms with Gasteiger partial charge < -0.3 is 14.6 Å². The van der Waals surface area contributed by atoms with Crippen LogP contribution in [0, 0.1) is 20.8 Å². The van der Waals surface area contributed by atoms with Gasteiger partial charge in [-0.15, -0.1) is 0 Å². The Labute approximate surface area is 190 Å². The maximum atomic E-state index is 6.43. The van der Waals surface area contributed by atoms with E-state index in [1.807, 2.05) is 6.07 Å². The molecule has 2 aliphatic heterocycles. The van der Waals surface area contributed by atoms with Crippen molar-refractivity contribution >= 4 is 11.5 Å². The van der Waals surface area contributed by atoms with Gasteiger partial charge in [0.15, 0.2) is 5.84 Å². The molecule has 0 saturated heterocycles. The molecule has 4 nitrogen and oxygen atoms in total. The van der Waals surface area contributed by atoms with Gasteiger partial charge in [0.1, 0.15) is 0 Å². The Kier molecular flexibility index (Phi) is 5.01. The molecule has 162 valence electrons. The minimum atomic E-state index is -0.795. The molecule has 1 unspecified atom stereocenters. The first-order valence-corrected chi connectivity index (χ1v) is 11.2. The molecule has 0 N–H and O–H groups in total. The van der Waals surface area contributed by atoms with E-state index in [2.05, 4.69) is 110 Å². The molecule has 2 heterocycles.